The number of rotatable bonds is 2. The smallest absolute Gasteiger partial charge is 0.0672 e. The van der Waals surface area contributed by atoms with Gasteiger partial charge < -0.3 is 5.32 Å². The van der Waals surface area contributed by atoms with Crippen molar-refractivity contribution in [2.75, 3.05) is 0 Å². The molecule has 0 bridgehead atoms. The molecule has 0 aromatic heterocycles. The van der Waals surface area contributed by atoms with Crippen LogP contribution in [0.4, 0.5) is 0 Å². The van der Waals surface area contributed by atoms with Crippen molar-refractivity contribution in [1.82, 2.24) is 5.32 Å². The molecule has 1 aliphatic carbocycles. The lowest BCUT2D eigenvalue weighted by Crippen LogP contribution is -2.39. The predicted octanol–water partition coefficient (Wildman–Crippen LogP) is 2.46. The molecule has 0 aromatic carbocycles. The average Bonchev–Trinajstić information content (AvgIpc) is 2.28. The number of nitrogens with zero attached hydrogens (tertiary/aromatic N) is 1. The molecule has 0 radical (unpaired) electrons. The molecule has 1 fully saturated rings. The molecule has 0 heterocycles. The second kappa shape index (κ2) is 5.24. The Morgan fingerprint density at radius 2 is 1.92 bits per heavy atom. The van der Waals surface area contributed by atoms with Gasteiger partial charge >= 0.3 is 0 Å². The maximum Gasteiger partial charge on any atom is 0.0672 e. The summed E-state index contributed by atoms with van der Waals surface area (Å²) in [5.41, 5.74) is 0. The molecular formula is C11H20N2. The van der Waals surface area contributed by atoms with Crippen molar-refractivity contribution in [1.29, 1.82) is 5.26 Å². The average molecular weight is 180 g/mol. The van der Waals surface area contributed by atoms with Crippen LogP contribution < -0.4 is 5.32 Å². The predicted molar refractivity (Wildman–Crippen MR) is 54.2 cm³/mol. The monoisotopic (exact) mass is 180 g/mol. The van der Waals surface area contributed by atoms with E-state index >= 15 is 0 Å². The summed E-state index contributed by atoms with van der Waals surface area (Å²) in [6.45, 7) is 4.30. The van der Waals surface area contributed by atoms with Gasteiger partial charge in [0, 0.05) is 12.1 Å². The second-order valence-electron chi connectivity index (χ2n) is 4.30. The SMILES string of the molecule is CC(C)NC1CCCCCC1C#N. The fraction of sp³-hybridized carbons (Fsp3) is 0.909. The molecule has 0 saturated heterocycles. The van der Waals surface area contributed by atoms with Crippen molar-refractivity contribution < 1.29 is 0 Å². The van der Waals surface area contributed by atoms with E-state index < -0.39 is 0 Å². The zero-order valence-electron chi connectivity index (χ0n) is 8.71. The Kier molecular flexibility index (Phi) is 4.24. The van der Waals surface area contributed by atoms with Gasteiger partial charge in [-0.25, -0.2) is 0 Å². The first kappa shape index (κ1) is 10.5. The lowest BCUT2D eigenvalue weighted by atomic mass is 9.96. The van der Waals surface area contributed by atoms with E-state index in [4.69, 9.17) is 5.26 Å². The summed E-state index contributed by atoms with van der Waals surface area (Å²) in [6, 6.07) is 3.37. The summed E-state index contributed by atoms with van der Waals surface area (Å²) >= 11 is 0. The molecule has 2 nitrogen and oxygen atoms in total. The van der Waals surface area contributed by atoms with Gasteiger partial charge in [0.1, 0.15) is 0 Å². The Balaban J connectivity index is 2.50. The topological polar surface area (TPSA) is 35.8 Å². The Bertz CT molecular complexity index is 181. The summed E-state index contributed by atoms with van der Waals surface area (Å²) in [4.78, 5) is 0. The van der Waals surface area contributed by atoms with Crippen molar-refractivity contribution in [3.63, 3.8) is 0 Å². The van der Waals surface area contributed by atoms with Gasteiger partial charge in [-0.05, 0) is 12.8 Å². The lowest BCUT2D eigenvalue weighted by Gasteiger charge is -2.23. The van der Waals surface area contributed by atoms with Gasteiger partial charge in [0.2, 0.25) is 0 Å². The van der Waals surface area contributed by atoms with Gasteiger partial charge in [-0.2, -0.15) is 5.26 Å². The highest BCUT2D eigenvalue weighted by molar-refractivity contribution is 4.93. The number of hydrogen-bond acceptors (Lipinski definition) is 2. The van der Waals surface area contributed by atoms with Gasteiger partial charge in [-0.1, -0.05) is 33.1 Å². The fourth-order valence-corrected chi connectivity index (χ4v) is 2.09. The van der Waals surface area contributed by atoms with Gasteiger partial charge in [-0.3, -0.25) is 0 Å². The van der Waals surface area contributed by atoms with Crippen molar-refractivity contribution in [2.24, 2.45) is 5.92 Å². The summed E-state index contributed by atoms with van der Waals surface area (Å²) < 4.78 is 0. The van der Waals surface area contributed by atoms with Crippen LogP contribution in [0.1, 0.15) is 46.0 Å². The van der Waals surface area contributed by atoms with Crippen LogP contribution >= 0.6 is 0 Å². The van der Waals surface area contributed by atoms with Crippen molar-refractivity contribution in [3.05, 3.63) is 0 Å². The van der Waals surface area contributed by atoms with Gasteiger partial charge in [0.05, 0.1) is 12.0 Å². The van der Waals surface area contributed by atoms with E-state index in [1.54, 1.807) is 0 Å². The van der Waals surface area contributed by atoms with Crippen LogP contribution in [-0.2, 0) is 0 Å². The molecule has 1 aliphatic rings. The first-order valence-electron chi connectivity index (χ1n) is 5.39. The summed E-state index contributed by atoms with van der Waals surface area (Å²) in [6.07, 6.45) is 6.07. The zero-order valence-corrected chi connectivity index (χ0v) is 8.71. The second-order valence-corrected chi connectivity index (χ2v) is 4.30. The highest BCUT2D eigenvalue weighted by Gasteiger charge is 2.23. The van der Waals surface area contributed by atoms with Crippen LogP contribution in [0.5, 0.6) is 0 Å². The van der Waals surface area contributed by atoms with Crippen molar-refractivity contribution >= 4 is 0 Å². The van der Waals surface area contributed by atoms with Crippen LogP contribution in [0.15, 0.2) is 0 Å². The van der Waals surface area contributed by atoms with Crippen LogP contribution in [0, 0.1) is 17.2 Å². The quantitative estimate of drug-likeness (QED) is 0.663. The van der Waals surface area contributed by atoms with E-state index in [0.29, 0.717) is 12.1 Å². The third kappa shape index (κ3) is 3.36. The van der Waals surface area contributed by atoms with Crippen molar-refractivity contribution in [2.45, 2.75) is 58.0 Å². The Labute approximate surface area is 81.3 Å². The first-order chi connectivity index (χ1) is 6.24. The van der Waals surface area contributed by atoms with Crippen LogP contribution in [-0.4, -0.2) is 12.1 Å². The van der Waals surface area contributed by atoms with Crippen LogP contribution in [0.2, 0.25) is 0 Å². The molecule has 2 heteroatoms. The molecule has 2 unspecified atom stereocenters. The van der Waals surface area contributed by atoms with Crippen LogP contribution in [0.3, 0.4) is 0 Å². The molecule has 0 amide bonds. The van der Waals surface area contributed by atoms with Crippen molar-refractivity contribution in [3.8, 4) is 6.07 Å². The van der Waals surface area contributed by atoms with E-state index in [0.717, 1.165) is 6.42 Å². The third-order valence-electron chi connectivity index (χ3n) is 2.73. The van der Waals surface area contributed by atoms with E-state index in [2.05, 4.69) is 25.2 Å². The number of hydrogen-bond donors (Lipinski definition) is 1. The van der Waals surface area contributed by atoms with Gasteiger partial charge in [-0.15, -0.1) is 0 Å². The summed E-state index contributed by atoms with van der Waals surface area (Å²) in [5.74, 6) is 0.241. The molecule has 2 atom stereocenters. The number of nitrogens with one attached hydrogen (secondary N) is 1. The minimum atomic E-state index is 0.241. The number of nitriles is 1. The maximum atomic E-state index is 9.01. The minimum Gasteiger partial charge on any atom is -0.310 e. The molecule has 0 aromatic rings. The molecule has 1 saturated carbocycles. The maximum absolute atomic E-state index is 9.01. The first-order valence-corrected chi connectivity index (χ1v) is 5.39. The standard InChI is InChI=1S/C11H20N2/c1-9(2)13-11-7-5-3-4-6-10(11)8-12/h9-11,13H,3-7H2,1-2H3. The summed E-state index contributed by atoms with van der Waals surface area (Å²) in [5, 5.41) is 12.5. The highest BCUT2D eigenvalue weighted by Crippen LogP contribution is 2.23. The normalized spacial score (nSPS) is 29.7. The molecular weight excluding hydrogens is 160 g/mol. The van der Waals surface area contributed by atoms with Crippen LogP contribution in [0.25, 0.3) is 0 Å². The molecule has 0 aliphatic heterocycles. The molecule has 1 N–H and O–H groups in total. The highest BCUT2D eigenvalue weighted by atomic mass is 14.9. The Morgan fingerprint density at radius 3 is 2.54 bits per heavy atom. The van der Waals surface area contributed by atoms with E-state index in [1.807, 2.05) is 0 Å². The molecule has 0 spiro atoms. The minimum absolute atomic E-state index is 0.241. The third-order valence-corrected chi connectivity index (χ3v) is 2.73. The van der Waals surface area contributed by atoms with Gasteiger partial charge in [0.15, 0.2) is 0 Å². The Morgan fingerprint density at radius 1 is 1.23 bits per heavy atom. The van der Waals surface area contributed by atoms with Gasteiger partial charge in [0.25, 0.3) is 0 Å². The fourth-order valence-electron chi connectivity index (χ4n) is 2.09. The van der Waals surface area contributed by atoms with E-state index in [9.17, 15) is 0 Å². The molecule has 74 valence electrons. The Hall–Kier alpha value is -0.550. The zero-order chi connectivity index (χ0) is 9.68. The largest absolute Gasteiger partial charge is 0.310 e. The van der Waals surface area contributed by atoms with E-state index in [-0.39, 0.29) is 5.92 Å². The van der Waals surface area contributed by atoms with E-state index in [1.165, 1.54) is 25.7 Å². The summed E-state index contributed by atoms with van der Waals surface area (Å²) in [7, 11) is 0. The molecule has 13 heavy (non-hydrogen) atoms. The lowest BCUT2D eigenvalue weighted by molar-refractivity contribution is 0.367. The molecule has 1 rings (SSSR count).